The average molecular weight is 253 g/mol. The molecule has 0 aliphatic carbocycles. The van der Waals surface area contributed by atoms with Crippen molar-refractivity contribution in [3.63, 3.8) is 0 Å². The van der Waals surface area contributed by atoms with Crippen LogP contribution in [0.25, 0.3) is 0 Å². The van der Waals surface area contributed by atoms with Crippen LogP contribution in [0.3, 0.4) is 0 Å². The van der Waals surface area contributed by atoms with E-state index in [0.29, 0.717) is 5.56 Å². The number of ketones is 1. The highest BCUT2D eigenvalue weighted by molar-refractivity contribution is 5.79. The molecule has 1 rings (SSSR count). The van der Waals surface area contributed by atoms with Crippen LogP contribution >= 0.6 is 0 Å². The minimum atomic E-state index is -1.85. The molecule has 1 aromatic rings. The number of nitro groups is 1. The van der Waals surface area contributed by atoms with Gasteiger partial charge in [0.25, 0.3) is 5.69 Å². The molecule has 1 aromatic carbocycles. The molecular weight excluding hydrogens is 242 g/mol. The number of carboxylic acid groups (broad SMARTS) is 1. The van der Waals surface area contributed by atoms with Crippen LogP contribution in [0.15, 0.2) is 18.2 Å². The molecule has 0 saturated heterocycles. The normalized spacial score (nSPS) is 11.9. The number of hydrogen-bond acceptors (Lipinski definition) is 5. The number of non-ortho nitro benzene ring substituents is 1. The zero-order chi connectivity index (χ0) is 13.9. The van der Waals surface area contributed by atoms with Gasteiger partial charge in [-0.1, -0.05) is 6.07 Å². The summed E-state index contributed by atoms with van der Waals surface area (Å²) < 4.78 is 0. The van der Waals surface area contributed by atoms with Crippen molar-refractivity contribution in [2.75, 3.05) is 0 Å². The first-order chi connectivity index (χ1) is 8.31. The number of carbonyl (C=O) groups is 2. The van der Waals surface area contributed by atoms with Crippen molar-refractivity contribution in [1.29, 1.82) is 0 Å². The Hall–Kier alpha value is -2.28. The Labute approximate surface area is 102 Å². The van der Waals surface area contributed by atoms with Crippen LogP contribution in [0, 0.1) is 10.1 Å². The van der Waals surface area contributed by atoms with Crippen LogP contribution < -0.4 is 0 Å². The van der Waals surface area contributed by atoms with Gasteiger partial charge < -0.3 is 10.2 Å². The first-order valence-electron chi connectivity index (χ1n) is 5.00. The molecule has 0 aliphatic heterocycles. The van der Waals surface area contributed by atoms with Crippen molar-refractivity contribution in [3.8, 4) is 0 Å². The first kappa shape index (κ1) is 13.8. The molecule has 2 N–H and O–H groups in total. The summed E-state index contributed by atoms with van der Waals surface area (Å²) in [5, 5.41) is 28.7. The minimum absolute atomic E-state index is 0.0545. The molecular formula is C11H11NO6. The third-order valence-electron chi connectivity index (χ3n) is 2.21. The van der Waals surface area contributed by atoms with E-state index < -0.39 is 17.0 Å². The lowest BCUT2D eigenvalue weighted by Gasteiger charge is -2.08. The Kier molecular flexibility index (Phi) is 4.11. The van der Waals surface area contributed by atoms with Gasteiger partial charge in [-0.2, -0.15) is 0 Å². The standard InChI is InChI=1S/C11H11NO6/c1-6(13)2-7-3-8(10(14)11(15)16)5-9(4-7)12(17)18/h3-5,10,14H,2H2,1H3,(H,15,16). The molecule has 0 radical (unpaired) electrons. The van der Waals surface area contributed by atoms with Crippen molar-refractivity contribution in [2.24, 2.45) is 0 Å². The fourth-order valence-electron chi connectivity index (χ4n) is 1.50. The molecule has 0 heterocycles. The fraction of sp³-hybridized carbons (Fsp3) is 0.273. The summed E-state index contributed by atoms with van der Waals surface area (Å²) in [6, 6.07) is 3.43. The lowest BCUT2D eigenvalue weighted by atomic mass is 10.0. The molecule has 7 heteroatoms. The van der Waals surface area contributed by atoms with Gasteiger partial charge >= 0.3 is 5.97 Å². The first-order valence-corrected chi connectivity index (χ1v) is 5.00. The van der Waals surface area contributed by atoms with E-state index in [0.717, 1.165) is 6.07 Å². The number of benzene rings is 1. The lowest BCUT2D eigenvalue weighted by molar-refractivity contribution is -0.385. The fourth-order valence-corrected chi connectivity index (χ4v) is 1.50. The minimum Gasteiger partial charge on any atom is -0.479 e. The number of nitro benzene ring substituents is 1. The molecule has 0 aliphatic rings. The summed E-state index contributed by atoms with van der Waals surface area (Å²) in [6.45, 7) is 1.31. The average Bonchev–Trinajstić information content (AvgIpc) is 2.26. The topological polar surface area (TPSA) is 118 Å². The van der Waals surface area contributed by atoms with Gasteiger partial charge in [-0.05, 0) is 18.1 Å². The molecule has 0 bridgehead atoms. The van der Waals surface area contributed by atoms with E-state index in [1.807, 2.05) is 0 Å². The number of carboxylic acids is 1. The number of hydrogen-bond donors (Lipinski definition) is 2. The number of rotatable bonds is 5. The second-order valence-electron chi connectivity index (χ2n) is 3.81. The number of carbonyl (C=O) groups excluding carboxylic acids is 1. The van der Waals surface area contributed by atoms with E-state index in [-0.39, 0.29) is 23.5 Å². The van der Waals surface area contributed by atoms with Crippen LogP contribution in [0.2, 0.25) is 0 Å². The summed E-state index contributed by atoms with van der Waals surface area (Å²) in [7, 11) is 0. The lowest BCUT2D eigenvalue weighted by Crippen LogP contribution is -2.11. The van der Waals surface area contributed by atoms with Crippen LogP contribution in [-0.2, 0) is 16.0 Å². The van der Waals surface area contributed by atoms with Crippen molar-refractivity contribution >= 4 is 17.4 Å². The highest BCUT2D eigenvalue weighted by Gasteiger charge is 2.20. The molecule has 0 saturated carbocycles. The maximum absolute atomic E-state index is 11.0. The molecule has 96 valence electrons. The molecule has 0 aromatic heterocycles. The molecule has 1 unspecified atom stereocenters. The highest BCUT2D eigenvalue weighted by atomic mass is 16.6. The number of nitrogens with zero attached hydrogens (tertiary/aromatic N) is 1. The van der Waals surface area contributed by atoms with E-state index in [4.69, 9.17) is 5.11 Å². The van der Waals surface area contributed by atoms with E-state index in [1.54, 1.807) is 0 Å². The quantitative estimate of drug-likeness (QED) is 0.593. The Balaban J connectivity index is 3.25. The van der Waals surface area contributed by atoms with Gasteiger partial charge in [0.1, 0.15) is 5.78 Å². The van der Waals surface area contributed by atoms with E-state index in [1.165, 1.54) is 19.1 Å². The molecule has 0 spiro atoms. The summed E-state index contributed by atoms with van der Waals surface area (Å²) in [4.78, 5) is 31.6. The number of aliphatic hydroxyl groups is 1. The predicted molar refractivity (Wildman–Crippen MR) is 60.1 cm³/mol. The Morgan fingerprint density at radius 3 is 2.44 bits per heavy atom. The van der Waals surface area contributed by atoms with Crippen LogP contribution in [-0.4, -0.2) is 26.9 Å². The summed E-state index contributed by atoms with van der Waals surface area (Å²) >= 11 is 0. The smallest absolute Gasteiger partial charge is 0.337 e. The van der Waals surface area contributed by atoms with Crippen molar-refractivity contribution in [2.45, 2.75) is 19.4 Å². The van der Waals surface area contributed by atoms with Gasteiger partial charge in [-0.15, -0.1) is 0 Å². The molecule has 7 nitrogen and oxygen atoms in total. The number of Topliss-reactive ketones (excluding diaryl/α,β-unsaturated/α-hetero) is 1. The van der Waals surface area contributed by atoms with Gasteiger partial charge in [0.15, 0.2) is 6.10 Å². The van der Waals surface area contributed by atoms with Crippen molar-refractivity contribution in [3.05, 3.63) is 39.4 Å². The van der Waals surface area contributed by atoms with E-state index in [9.17, 15) is 24.8 Å². The maximum atomic E-state index is 11.0. The zero-order valence-corrected chi connectivity index (χ0v) is 9.49. The van der Waals surface area contributed by atoms with Gasteiger partial charge in [0, 0.05) is 18.6 Å². The molecule has 1 atom stereocenters. The Bertz CT molecular complexity index is 510. The van der Waals surface area contributed by atoms with E-state index >= 15 is 0 Å². The van der Waals surface area contributed by atoms with Gasteiger partial charge in [-0.25, -0.2) is 4.79 Å². The van der Waals surface area contributed by atoms with Gasteiger partial charge in [0.2, 0.25) is 0 Å². The maximum Gasteiger partial charge on any atom is 0.337 e. The Morgan fingerprint density at radius 2 is 2.00 bits per heavy atom. The van der Waals surface area contributed by atoms with E-state index in [2.05, 4.69) is 0 Å². The SMILES string of the molecule is CC(=O)Cc1cc(C(O)C(=O)O)cc([N+](=O)[O-])c1. The van der Waals surface area contributed by atoms with Crippen LogP contribution in [0.4, 0.5) is 5.69 Å². The zero-order valence-electron chi connectivity index (χ0n) is 9.49. The molecule has 0 fully saturated rings. The molecule has 18 heavy (non-hydrogen) atoms. The predicted octanol–water partition coefficient (Wildman–Crippen LogP) is 0.844. The molecule has 0 amide bonds. The van der Waals surface area contributed by atoms with Crippen molar-refractivity contribution in [1.82, 2.24) is 0 Å². The number of aliphatic carboxylic acids is 1. The van der Waals surface area contributed by atoms with Gasteiger partial charge in [0.05, 0.1) is 4.92 Å². The van der Waals surface area contributed by atoms with Crippen LogP contribution in [0.1, 0.15) is 24.2 Å². The second kappa shape index (κ2) is 5.37. The monoisotopic (exact) mass is 253 g/mol. The third-order valence-corrected chi connectivity index (χ3v) is 2.21. The summed E-state index contributed by atoms with van der Waals surface area (Å²) in [5.41, 5.74) is -0.177. The Morgan fingerprint density at radius 1 is 1.39 bits per heavy atom. The highest BCUT2D eigenvalue weighted by Crippen LogP contribution is 2.23. The largest absolute Gasteiger partial charge is 0.479 e. The summed E-state index contributed by atoms with van der Waals surface area (Å²) in [6.07, 6.45) is -1.91. The van der Waals surface area contributed by atoms with Crippen molar-refractivity contribution < 1.29 is 24.7 Å². The van der Waals surface area contributed by atoms with Crippen LogP contribution in [0.5, 0.6) is 0 Å². The number of aliphatic hydroxyl groups excluding tert-OH is 1. The summed E-state index contributed by atoms with van der Waals surface area (Å²) in [5.74, 6) is -1.73. The third kappa shape index (κ3) is 3.36. The second-order valence-corrected chi connectivity index (χ2v) is 3.81. The van der Waals surface area contributed by atoms with Gasteiger partial charge in [-0.3, -0.25) is 14.9 Å².